The Bertz CT molecular complexity index is 542. The van der Waals surface area contributed by atoms with Crippen LogP contribution in [0.15, 0.2) is 28.9 Å². The van der Waals surface area contributed by atoms with Gasteiger partial charge in [0.2, 0.25) is 0 Å². The molecule has 1 unspecified atom stereocenters. The van der Waals surface area contributed by atoms with Gasteiger partial charge in [0.1, 0.15) is 5.75 Å². The Labute approximate surface area is 119 Å². The average molecular weight is 327 g/mol. The van der Waals surface area contributed by atoms with Gasteiger partial charge in [0, 0.05) is 21.6 Å². The molecule has 0 radical (unpaired) electrons. The van der Waals surface area contributed by atoms with Crippen molar-refractivity contribution in [2.24, 2.45) is 5.73 Å². The summed E-state index contributed by atoms with van der Waals surface area (Å²) >= 11 is 5.19. The molecule has 96 valence electrons. The first-order valence-electron chi connectivity index (χ1n) is 5.60. The summed E-state index contributed by atoms with van der Waals surface area (Å²) in [7, 11) is 1.67. The lowest BCUT2D eigenvalue weighted by atomic mass is 10.1. The van der Waals surface area contributed by atoms with Crippen LogP contribution >= 0.6 is 27.3 Å². The number of thiazole rings is 1. The minimum absolute atomic E-state index is 0.0281. The Morgan fingerprint density at radius 1 is 1.50 bits per heavy atom. The van der Waals surface area contributed by atoms with Gasteiger partial charge in [0.05, 0.1) is 12.1 Å². The molecule has 0 fully saturated rings. The molecular formula is C13H15BrN2OS. The van der Waals surface area contributed by atoms with E-state index in [1.165, 1.54) is 0 Å². The first kappa shape index (κ1) is 13.5. The Kier molecular flexibility index (Phi) is 4.37. The molecule has 1 atom stereocenters. The van der Waals surface area contributed by atoms with E-state index in [0.29, 0.717) is 0 Å². The molecule has 0 bridgehead atoms. The van der Waals surface area contributed by atoms with Gasteiger partial charge < -0.3 is 10.5 Å². The summed E-state index contributed by atoms with van der Waals surface area (Å²) in [5.74, 6) is 0.848. The molecule has 0 saturated carbocycles. The van der Waals surface area contributed by atoms with Crippen molar-refractivity contribution in [3.63, 3.8) is 0 Å². The molecule has 0 amide bonds. The van der Waals surface area contributed by atoms with Crippen molar-refractivity contribution >= 4 is 27.3 Å². The minimum atomic E-state index is -0.0281. The van der Waals surface area contributed by atoms with Gasteiger partial charge in [-0.05, 0) is 37.1 Å². The maximum absolute atomic E-state index is 6.21. The molecule has 1 aromatic heterocycles. The lowest BCUT2D eigenvalue weighted by Crippen LogP contribution is -2.12. The fraction of sp³-hybridized carbons (Fsp3) is 0.308. The maximum atomic E-state index is 6.21. The third kappa shape index (κ3) is 3.10. The third-order valence-corrected chi connectivity index (χ3v) is 4.52. The van der Waals surface area contributed by atoms with E-state index in [1.54, 1.807) is 18.4 Å². The molecule has 2 rings (SSSR count). The fourth-order valence-corrected chi connectivity index (χ4v) is 2.92. The highest BCUT2D eigenvalue weighted by Gasteiger charge is 2.12. The number of benzene rings is 1. The van der Waals surface area contributed by atoms with Gasteiger partial charge in [-0.3, -0.25) is 0 Å². The number of nitrogens with zero attached hydrogens (tertiary/aromatic N) is 1. The molecule has 0 aliphatic carbocycles. The van der Waals surface area contributed by atoms with E-state index in [1.807, 2.05) is 31.3 Å². The summed E-state index contributed by atoms with van der Waals surface area (Å²) in [4.78, 5) is 5.35. The molecule has 18 heavy (non-hydrogen) atoms. The SMILES string of the molecule is COc1ccc(Br)c(CC(N)c2cnc(C)s2)c1. The second-order valence-corrected chi connectivity index (χ2v) is 6.17. The smallest absolute Gasteiger partial charge is 0.119 e. The Balaban J connectivity index is 2.18. The van der Waals surface area contributed by atoms with E-state index in [-0.39, 0.29) is 6.04 Å². The Hall–Kier alpha value is -0.910. The van der Waals surface area contributed by atoms with Gasteiger partial charge in [0.15, 0.2) is 0 Å². The zero-order valence-electron chi connectivity index (χ0n) is 10.3. The summed E-state index contributed by atoms with van der Waals surface area (Å²) in [6, 6.07) is 5.90. The van der Waals surface area contributed by atoms with Crippen molar-refractivity contribution in [3.05, 3.63) is 44.3 Å². The monoisotopic (exact) mass is 326 g/mol. The van der Waals surface area contributed by atoms with E-state index in [2.05, 4.69) is 20.9 Å². The molecule has 0 aliphatic heterocycles. The number of aryl methyl sites for hydroxylation is 1. The van der Waals surface area contributed by atoms with Crippen molar-refractivity contribution < 1.29 is 4.74 Å². The maximum Gasteiger partial charge on any atom is 0.119 e. The second kappa shape index (κ2) is 5.82. The summed E-state index contributed by atoms with van der Waals surface area (Å²) in [5.41, 5.74) is 7.36. The lowest BCUT2D eigenvalue weighted by molar-refractivity contribution is 0.414. The van der Waals surface area contributed by atoms with Gasteiger partial charge >= 0.3 is 0 Å². The summed E-state index contributed by atoms with van der Waals surface area (Å²) in [6.45, 7) is 1.99. The van der Waals surface area contributed by atoms with E-state index in [0.717, 1.165) is 32.1 Å². The van der Waals surface area contributed by atoms with Gasteiger partial charge in [-0.1, -0.05) is 15.9 Å². The van der Waals surface area contributed by atoms with Crippen LogP contribution in [0.5, 0.6) is 5.75 Å². The van der Waals surface area contributed by atoms with Crippen LogP contribution in [0.3, 0.4) is 0 Å². The van der Waals surface area contributed by atoms with Crippen LogP contribution in [0, 0.1) is 6.92 Å². The molecule has 1 heterocycles. The van der Waals surface area contributed by atoms with Gasteiger partial charge in [-0.25, -0.2) is 4.98 Å². The first-order chi connectivity index (χ1) is 8.60. The van der Waals surface area contributed by atoms with E-state index in [9.17, 15) is 0 Å². The number of nitrogens with two attached hydrogens (primary N) is 1. The van der Waals surface area contributed by atoms with Crippen molar-refractivity contribution in [3.8, 4) is 5.75 Å². The Morgan fingerprint density at radius 3 is 2.89 bits per heavy atom. The van der Waals surface area contributed by atoms with E-state index >= 15 is 0 Å². The summed E-state index contributed by atoms with van der Waals surface area (Å²) < 4.78 is 6.29. The number of hydrogen-bond acceptors (Lipinski definition) is 4. The predicted molar refractivity (Wildman–Crippen MR) is 78.2 cm³/mol. The summed E-state index contributed by atoms with van der Waals surface area (Å²) in [5, 5.41) is 1.05. The van der Waals surface area contributed by atoms with E-state index < -0.39 is 0 Å². The summed E-state index contributed by atoms with van der Waals surface area (Å²) in [6.07, 6.45) is 2.62. The number of ether oxygens (including phenoxy) is 1. The number of rotatable bonds is 4. The van der Waals surface area contributed by atoms with Crippen LogP contribution in [-0.4, -0.2) is 12.1 Å². The molecule has 2 N–H and O–H groups in total. The van der Waals surface area contributed by atoms with Crippen molar-refractivity contribution in [2.75, 3.05) is 7.11 Å². The van der Waals surface area contributed by atoms with Gasteiger partial charge in [-0.15, -0.1) is 11.3 Å². The Morgan fingerprint density at radius 2 is 2.28 bits per heavy atom. The topological polar surface area (TPSA) is 48.1 Å². The van der Waals surface area contributed by atoms with Crippen LogP contribution in [0.1, 0.15) is 21.5 Å². The molecule has 3 nitrogen and oxygen atoms in total. The first-order valence-corrected chi connectivity index (χ1v) is 7.21. The molecule has 5 heteroatoms. The highest BCUT2D eigenvalue weighted by molar-refractivity contribution is 9.10. The van der Waals surface area contributed by atoms with Crippen molar-refractivity contribution in [2.45, 2.75) is 19.4 Å². The minimum Gasteiger partial charge on any atom is -0.497 e. The van der Waals surface area contributed by atoms with Gasteiger partial charge in [0.25, 0.3) is 0 Å². The van der Waals surface area contributed by atoms with Crippen LogP contribution in [0.2, 0.25) is 0 Å². The number of methoxy groups -OCH3 is 1. The molecular weight excluding hydrogens is 312 g/mol. The molecule has 0 spiro atoms. The van der Waals surface area contributed by atoms with Crippen molar-refractivity contribution in [1.82, 2.24) is 4.98 Å². The van der Waals surface area contributed by atoms with Gasteiger partial charge in [-0.2, -0.15) is 0 Å². The number of halogens is 1. The zero-order valence-corrected chi connectivity index (χ0v) is 12.7. The molecule has 2 aromatic rings. The lowest BCUT2D eigenvalue weighted by Gasteiger charge is -2.12. The van der Waals surface area contributed by atoms with E-state index in [4.69, 9.17) is 10.5 Å². The predicted octanol–water partition coefficient (Wildman–Crippen LogP) is 3.47. The molecule has 1 aromatic carbocycles. The number of hydrogen-bond donors (Lipinski definition) is 1. The second-order valence-electron chi connectivity index (χ2n) is 4.05. The molecule has 0 aliphatic rings. The van der Waals surface area contributed by atoms with Crippen LogP contribution in [0.25, 0.3) is 0 Å². The van der Waals surface area contributed by atoms with Crippen LogP contribution in [-0.2, 0) is 6.42 Å². The standard InChI is InChI=1S/C13H15BrN2OS/c1-8-16-7-13(18-8)12(15)6-9-5-10(17-2)3-4-11(9)14/h3-5,7,12H,6,15H2,1-2H3. The van der Waals surface area contributed by atoms with Crippen LogP contribution < -0.4 is 10.5 Å². The normalized spacial score (nSPS) is 12.4. The zero-order chi connectivity index (χ0) is 13.1. The largest absolute Gasteiger partial charge is 0.497 e. The third-order valence-electron chi connectivity index (χ3n) is 2.70. The average Bonchev–Trinajstić information content (AvgIpc) is 2.79. The molecule has 0 saturated heterocycles. The van der Waals surface area contributed by atoms with Crippen LogP contribution in [0.4, 0.5) is 0 Å². The highest BCUT2D eigenvalue weighted by Crippen LogP contribution is 2.28. The fourth-order valence-electron chi connectivity index (χ4n) is 1.72. The van der Waals surface area contributed by atoms with Crippen molar-refractivity contribution in [1.29, 1.82) is 0 Å². The number of aromatic nitrogens is 1. The highest BCUT2D eigenvalue weighted by atomic mass is 79.9. The quantitative estimate of drug-likeness (QED) is 0.935.